The molecule has 2 aromatic rings. The van der Waals surface area contributed by atoms with Gasteiger partial charge in [0, 0.05) is 11.1 Å². The first-order valence-corrected chi connectivity index (χ1v) is 6.62. The molecule has 6 nitrogen and oxygen atoms in total. The fraction of sp³-hybridized carbons (Fsp3) is 0.158. The summed E-state index contributed by atoms with van der Waals surface area (Å²) in [6.07, 6.45) is 0. The van der Waals surface area contributed by atoms with Crippen LogP contribution in [0.3, 0.4) is 0 Å². The molecule has 0 saturated heterocycles. The summed E-state index contributed by atoms with van der Waals surface area (Å²) in [5.41, 5.74) is 0.313. The van der Waals surface area contributed by atoms with Gasteiger partial charge in [-0.05, 0) is 0 Å². The number of rotatable bonds is 6. The predicted octanol–water partition coefficient (Wildman–Crippen LogP) is 3.07. The molecule has 0 aliphatic carbocycles. The van der Waals surface area contributed by atoms with Gasteiger partial charge in [-0.15, -0.1) is 0 Å². The van der Waals surface area contributed by atoms with Gasteiger partial charge in [-0.3, -0.25) is 9.59 Å². The zero-order chi connectivity index (χ0) is 16.7. The molecule has 0 N–H and O–H groups in total. The predicted molar refractivity (Wildman–Crippen MR) is 92.1 cm³/mol. The lowest BCUT2D eigenvalue weighted by Crippen LogP contribution is -2.23. The van der Waals surface area contributed by atoms with Crippen LogP contribution in [0.5, 0.6) is 0 Å². The molecule has 0 heterocycles. The van der Waals surface area contributed by atoms with Gasteiger partial charge >= 0.3 is 11.9 Å². The molecular weight excluding hydrogens is 324 g/mol. The lowest BCUT2D eigenvalue weighted by Gasteiger charge is -2.05. The summed E-state index contributed by atoms with van der Waals surface area (Å²) in [5.74, 6) is -4.07. The summed E-state index contributed by atoms with van der Waals surface area (Å²) in [6.45, 7) is -0.811. The van der Waals surface area contributed by atoms with E-state index in [1.54, 1.807) is 36.4 Å². The first-order chi connectivity index (χ1) is 11.1. The number of Topliss-reactive ketones (excluding diaryl/α,β-unsaturated/α-hetero) is 2. The van der Waals surface area contributed by atoms with Crippen molar-refractivity contribution >= 4 is 23.5 Å². The SMILES string of the molecule is C.C.O=C(OCOC(=O)C(=O)c1ccccc1)C(=O)c1ccccc1. The number of hydrogen-bond acceptors (Lipinski definition) is 6. The Morgan fingerprint density at radius 1 is 0.600 bits per heavy atom. The Balaban J connectivity index is 0.00000288. The van der Waals surface area contributed by atoms with Crippen molar-refractivity contribution in [1.82, 2.24) is 0 Å². The lowest BCUT2D eigenvalue weighted by atomic mass is 10.1. The highest BCUT2D eigenvalue weighted by Crippen LogP contribution is 2.03. The first-order valence-electron chi connectivity index (χ1n) is 6.62. The average molecular weight is 344 g/mol. The Morgan fingerprint density at radius 3 is 1.24 bits per heavy atom. The Hall–Kier alpha value is -3.28. The fourth-order valence-electron chi connectivity index (χ4n) is 1.68. The molecule has 132 valence electrons. The summed E-state index contributed by atoms with van der Waals surface area (Å²) in [4.78, 5) is 46.4. The molecule has 0 aliphatic heterocycles. The Bertz CT molecular complexity index is 659. The maximum absolute atomic E-state index is 11.7. The molecule has 2 aromatic carbocycles. The van der Waals surface area contributed by atoms with Crippen molar-refractivity contribution in [2.75, 3.05) is 6.79 Å². The van der Waals surface area contributed by atoms with Gasteiger partial charge < -0.3 is 9.47 Å². The summed E-state index contributed by atoms with van der Waals surface area (Å²) in [7, 11) is 0. The van der Waals surface area contributed by atoms with Crippen molar-refractivity contribution in [3.8, 4) is 0 Å². The van der Waals surface area contributed by atoms with Gasteiger partial charge in [0.15, 0.2) is 0 Å². The number of hydrogen-bond donors (Lipinski definition) is 0. The van der Waals surface area contributed by atoms with E-state index in [2.05, 4.69) is 9.47 Å². The van der Waals surface area contributed by atoms with Crippen molar-refractivity contribution in [3.05, 3.63) is 71.8 Å². The monoisotopic (exact) mass is 344 g/mol. The van der Waals surface area contributed by atoms with Crippen LogP contribution in [-0.4, -0.2) is 30.3 Å². The largest absolute Gasteiger partial charge is 0.422 e. The van der Waals surface area contributed by atoms with Crippen LogP contribution in [0.15, 0.2) is 60.7 Å². The first kappa shape index (κ1) is 21.7. The van der Waals surface area contributed by atoms with Gasteiger partial charge in [-0.1, -0.05) is 75.5 Å². The molecule has 6 heteroatoms. The number of ether oxygens (including phenoxy) is 2. The van der Waals surface area contributed by atoms with E-state index in [1.807, 2.05) is 0 Å². The normalized spacial score (nSPS) is 8.96. The number of esters is 2. The smallest absolute Gasteiger partial charge is 0.382 e. The maximum Gasteiger partial charge on any atom is 0.382 e. The van der Waals surface area contributed by atoms with Gasteiger partial charge in [0.05, 0.1) is 0 Å². The minimum Gasteiger partial charge on any atom is -0.422 e. The quantitative estimate of drug-likeness (QED) is 0.346. The van der Waals surface area contributed by atoms with E-state index in [9.17, 15) is 19.2 Å². The highest BCUT2D eigenvalue weighted by atomic mass is 16.7. The second-order valence-corrected chi connectivity index (χ2v) is 4.37. The van der Waals surface area contributed by atoms with E-state index in [1.165, 1.54) is 24.3 Å². The van der Waals surface area contributed by atoms with Gasteiger partial charge in [0.2, 0.25) is 6.79 Å². The number of carbonyl (C=O) groups is 4. The lowest BCUT2D eigenvalue weighted by molar-refractivity contribution is -0.160. The molecule has 0 spiro atoms. The molecule has 25 heavy (non-hydrogen) atoms. The molecule has 0 saturated carbocycles. The van der Waals surface area contributed by atoms with Crippen LogP contribution in [0.1, 0.15) is 35.6 Å². The van der Waals surface area contributed by atoms with Gasteiger partial charge in [0.25, 0.3) is 11.6 Å². The van der Waals surface area contributed by atoms with Gasteiger partial charge in [-0.25, -0.2) is 9.59 Å². The van der Waals surface area contributed by atoms with Crippen molar-refractivity contribution < 1.29 is 28.7 Å². The summed E-state index contributed by atoms with van der Waals surface area (Å²) >= 11 is 0. The van der Waals surface area contributed by atoms with Crippen molar-refractivity contribution in [3.63, 3.8) is 0 Å². The summed E-state index contributed by atoms with van der Waals surface area (Å²) in [6, 6.07) is 15.6. The highest BCUT2D eigenvalue weighted by Gasteiger charge is 2.20. The highest BCUT2D eigenvalue weighted by molar-refractivity contribution is 6.41. The van der Waals surface area contributed by atoms with Crippen molar-refractivity contribution in [2.24, 2.45) is 0 Å². The van der Waals surface area contributed by atoms with Crippen LogP contribution in [0.2, 0.25) is 0 Å². The molecule has 0 aromatic heterocycles. The van der Waals surface area contributed by atoms with Crippen molar-refractivity contribution in [2.45, 2.75) is 14.9 Å². The third-order valence-corrected chi connectivity index (χ3v) is 2.82. The van der Waals surface area contributed by atoms with E-state index < -0.39 is 30.3 Å². The van der Waals surface area contributed by atoms with Crippen LogP contribution in [0, 0.1) is 0 Å². The number of benzene rings is 2. The third-order valence-electron chi connectivity index (χ3n) is 2.82. The van der Waals surface area contributed by atoms with Crippen LogP contribution in [0.4, 0.5) is 0 Å². The fourth-order valence-corrected chi connectivity index (χ4v) is 1.68. The summed E-state index contributed by atoms with van der Waals surface area (Å²) in [5, 5.41) is 0. The van der Waals surface area contributed by atoms with Crippen LogP contribution in [0.25, 0.3) is 0 Å². The minimum absolute atomic E-state index is 0. The van der Waals surface area contributed by atoms with E-state index in [0.29, 0.717) is 0 Å². The Labute approximate surface area is 146 Å². The van der Waals surface area contributed by atoms with Crippen LogP contribution in [-0.2, 0) is 19.1 Å². The molecule has 0 fully saturated rings. The zero-order valence-electron chi connectivity index (χ0n) is 11.9. The standard InChI is InChI=1S/C17H12O6.2CH4/c18-14(12-7-3-1-4-8-12)16(20)22-11-23-17(21)15(19)13-9-5-2-6-10-13;;/h1-10H,11H2;2*1H4. The van der Waals surface area contributed by atoms with Gasteiger partial charge in [-0.2, -0.15) is 0 Å². The van der Waals surface area contributed by atoms with Crippen molar-refractivity contribution in [1.29, 1.82) is 0 Å². The Morgan fingerprint density at radius 2 is 0.920 bits per heavy atom. The molecule has 2 rings (SSSR count). The molecule has 0 amide bonds. The van der Waals surface area contributed by atoms with Crippen LogP contribution < -0.4 is 0 Å². The molecule has 0 radical (unpaired) electrons. The third kappa shape index (κ3) is 6.02. The second kappa shape index (κ2) is 10.5. The number of ketones is 2. The van der Waals surface area contributed by atoms with Gasteiger partial charge in [0.1, 0.15) is 0 Å². The van der Waals surface area contributed by atoms with E-state index in [-0.39, 0.29) is 26.0 Å². The summed E-state index contributed by atoms with van der Waals surface area (Å²) < 4.78 is 9.06. The maximum atomic E-state index is 11.7. The minimum atomic E-state index is -1.17. The zero-order valence-corrected chi connectivity index (χ0v) is 11.9. The molecule has 0 unspecified atom stereocenters. The number of carbonyl (C=O) groups excluding carboxylic acids is 4. The Kier molecular flexibility index (Phi) is 9.11. The van der Waals surface area contributed by atoms with Crippen LogP contribution >= 0.6 is 0 Å². The van der Waals surface area contributed by atoms with E-state index in [0.717, 1.165) is 0 Å². The molecular formula is C19H20O6. The second-order valence-electron chi connectivity index (χ2n) is 4.37. The topological polar surface area (TPSA) is 86.7 Å². The molecule has 0 bridgehead atoms. The molecule has 0 aliphatic rings. The average Bonchev–Trinajstić information content (AvgIpc) is 2.61. The van der Waals surface area contributed by atoms with E-state index >= 15 is 0 Å². The molecule has 0 atom stereocenters. The van der Waals surface area contributed by atoms with E-state index in [4.69, 9.17) is 0 Å².